The fourth-order valence-corrected chi connectivity index (χ4v) is 1.87. The average Bonchev–Trinajstić information content (AvgIpc) is 2.70. The van der Waals surface area contributed by atoms with E-state index in [0.717, 1.165) is 16.6 Å². The van der Waals surface area contributed by atoms with Crippen LogP contribution in [-0.4, -0.2) is 13.1 Å². The summed E-state index contributed by atoms with van der Waals surface area (Å²) in [7, 11) is 0. The summed E-state index contributed by atoms with van der Waals surface area (Å²) in [4.78, 5) is 11.3. The Bertz CT molecular complexity index is 620. The van der Waals surface area contributed by atoms with Gasteiger partial charge in [-0.15, -0.1) is 0 Å². The largest absolute Gasteiger partial charge is 0.343 e. The number of aromatic amines is 1. The van der Waals surface area contributed by atoms with Crippen molar-refractivity contribution in [3.8, 4) is 6.07 Å². The van der Waals surface area contributed by atoms with Crippen molar-refractivity contribution in [1.29, 1.82) is 5.26 Å². The normalized spacial score (nSPS) is 11.8. The van der Waals surface area contributed by atoms with Crippen molar-refractivity contribution in [1.82, 2.24) is 9.97 Å². The number of nitriles is 1. The number of hydrogen-bond acceptors (Lipinski definition) is 3. The first-order valence-electron chi connectivity index (χ1n) is 4.40. The Morgan fingerprint density at radius 3 is 3.06 bits per heavy atom. The third kappa shape index (κ3) is 1.90. The second kappa shape index (κ2) is 4.39. The SMILES string of the molecule is Cc1c(N=C(Cl)I)cc(C#N)c2[nH]cnc12. The van der Waals surface area contributed by atoms with E-state index in [4.69, 9.17) is 16.9 Å². The third-order valence-electron chi connectivity index (χ3n) is 2.25. The standard InChI is InChI=1S/C10H6ClIN4/c1-5-7(16-10(11)12)2-6(3-13)9-8(5)14-4-15-9/h2,4H,1H3,(H,14,15). The van der Waals surface area contributed by atoms with Crippen LogP contribution < -0.4 is 0 Å². The van der Waals surface area contributed by atoms with Crippen molar-refractivity contribution in [3.05, 3.63) is 23.5 Å². The number of rotatable bonds is 1. The van der Waals surface area contributed by atoms with Crippen LogP contribution in [0, 0.1) is 18.3 Å². The van der Waals surface area contributed by atoms with E-state index in [1.165, 1.54) is 0 Å². The minimum Gasteiger partial charge on any atom is -0.343 e. The predicted molar refractivity (Wildman–Crippen MR) is 72.5 cm³/mol. The molecule has 0 radical (unpaired) electrons. The van der Waals surface area contributed by atoms with Crippen molar-refractivity contribution in [3.63, 3.8) is 0 Å². The van der Waals surface area contributed by atoms with Crippen LogP contribution in [0.1, 0.15) is 11.1 Å². The number of hydrogen-bond donors (Lipinski definition) is 1. The smallest absolute Gasteiger partial charge is 0.167 e. The minimum absolute atomic E-state index is 0.402. The lowest BCUT2D eigenvalue weighted by Gasteiger charge is -2.02. The van der Waals surface area contributed by atoms with Crippen LogP contribution in [0.2, 0.25) is 0 Å². The van der Waals surface area contributed by atoms with Crippen molar-refractivity contribution in [2.45, 2.75) is 6.92 Å². The van der Waals surface area contributed by atoms with Crippen LogP contribution >= 0.6 is 34.2 Å². The number of benzene rings is 1. The van der Waals surface area contributed by atoms with E-state index in [9.17, 15) is 0 Å². The fourth-order valence-electron chi connectivity index (χ4n) is 1.52. The highest BCUT2D eigenvalue weighted by atomic mass is 127. The number of nitrogens with zero attached hydrogens (tertiary/aromatic N) is 3. The lowest BCUT2D eigenvalue weighted by atomic mass is 10.1. The molecule has 4 nitrogen and oxygen atoms in total. The Kier molecular flexibility index (Phi) is 3.12. The molecule has 0 fully saturated rings. The minimum atomic E-state index is 0.402. The van der Waals surface area contributed by atoms with E-state index < -0.39 is 0 Å². The molecule has 0 amide bonds. The molecule has 1 aromatic heterocycles. The van der Waals surface area contributed by atoms with Crippen molar-refractivity contribution < 1.29 is 0 Å². The second-order valence-corrected chi connectivity index (χ2v) is 5.18. The molecule has 1 heterocycles. The lowest BCUT2D eigenvalue weighted by Crippen LogP contribution is -1.85. The summed E-state index contributed by atoms with van der Waals surface area (Å²) < 4.78 is 0.402. The molecule has 0 aliphatic heterocycles. The number of aliphatic imine (C=N–C) groups is 1. The summed E-state index contributed by atoms with van der Waals surface area (Å²) in [5, 5.41) is 9.02. The molecular formula is C10H6ClIN4. The van der Waals surface area contributed by atoms with Gasteiger partial charge in [0.15, 0.2) is 3.18 Å². The average molecular weight is 345 g/mol. The van der Waals surface area contributed by atoms with E-state index in [-0.39, 0.29) is 0 Å². The second-order valence-electron chi connectivity index (χ2n) is 3.16. The maximum Gasteiger partial charge on any atom is 0.167 e. The Hall–Kier alpha value is -1.13. The fraction of sp³-hybridized carbons (Fsp3) is 0.100. The Morgan fingerprint density at radius 1 is 1.69 bits per heavy atom. The molecular weight excluding hydrogens is 338 g/mol. The zero-order valence-corrected chi connectivity index (χ0v) is 11.2. The first kappa shape index (κ1) is 11.4. The van der Waals surface area contributed by atoms with Gasteiger partial charge in [0.2, 0.25) is 0 Å². The van der Waals surface area contributed by atoms with Gasteiger partial charge in [-0.1, -0.05) is 11.6 Å². The van der Waals surface area contributed by atoms with Crippen molar-refractivity contribution in [2.75, 3.05) is 0 Å². The van der Waals surface area contributed by atoms with Gasteiger partial charge in [0.1, 0.15) is 6.07 Å². The van der Waals surface area contributed by atoms with Crippen LogP contribution in [0.4, 0.5) is 5.69 Å². The molecule has 0 atom stereocenters. The highest BCUT2D eigenvalue weighted by Gasteiger charge is 2.10. The van der Waals surface area contributed by atoms with Gasteiger partial charge in [0.25, 0.3) is 0 Å². The molecule has 0 saturated heterocycles. The predicted octanol–water partition coefficient (Wildman–Crippen LogP) is 3.40. The van der Waals surface area contributed by atoms with Gasteiger partial charge in [-0.3, -0.25) is 0 Å². The summed E-state index contributed by atoms with van der Waals surface area (Å²) in [5.74, 6) is 0. The van der Waals surface area contributed by atoms with Crippen LogP contribution in [0.5, 0.6) is 0 Å². The topological polar surface area (TPSA) is 64.8 Å². The van der Waals surface area contributed by atoms with E-state index in [1.54, 1.807) is 12.4 Å². The number of fused-ring (bicyclic) bond motifs is 1. The van der Waals surface area contributed by atoms with Gasteiger partial charge in [-0.05, 0) is 35.6 Å². The molecule has 0 spiro atoms. The molecule has 1 N–H and O–H groups in total. The van der Waals surface area contributed by atoms with Crippen LogP contribution in [0.15, 0.2) is 17.4 Å². The number of nitrogens with one attached hydrogen (secondary N) is 1. The summed E-state index contributed by atoms with van der Waals surface area (Å²) in [6, 6.07) is 3.82. The van der Waals surface area contributed by atoms with Crippen molar-refractivity contribution >= 4 is 54.1 Å². The molecule has 16 heavy (non-hydrogen) atoms. The summed E-state index contributed by atoms with van der Waals surface area (Å²) >= 11 is 7.64. The monoisotopic (exact) mass is 344 g/mol. The highest BCUT2D eigenvalue weighted by molar-refractivity contribution is 14.1. The van der Waals surface area contributed by atoms with Gasteiger partial charge in [-0.2, -0.15) is 5.26 Å². The molecule has 0 bridgehead atoms. The molecule has 0 saturated carbocycles. The quantitative estimate of drug-likeness (QED) is 0.636. The van der Waals surface area contributed by atoms with Crippen LogP contribution in [-0.2, 0) is 0 Å². The molecule has 1 aromatic carbocycles. The zero-order chi connectivity index (χ0) is 11.7. The molecule has 0 aliphatic carbocycles. The molecule has 6 heteroatoms. The van der Waals surface area contributed by atoms with Crippen LogP contribution in [0.25, 0.3) is 11.0 Å². The highest BCUT2D eigenvalue weighted by Crippen LogP contribution is 2.29. The number of H-pyrrole nitrogens is 1. The third-order valence-corrected chi connectivity index (χ3v) is 2.58. The number of halogens is 2. The molecule has 2 aromatic rings. The maximum absolute atomic E-state index is 9.02. The van der Waals surface area contributed by atoms with Gasteiger partial charge in [0.05, 0.1) is 28.6 Å². The lowest BCUT2D eigenvalue weighted by molar-refractivity contribution is 1.33. The summed E-state index contributed by atoms with van der Waals surface area (Å²) in [5.41, 5.74) is 3.60. The maximum atomic E-state index is 9.02. The van der Waals surface area contributed by atoms with E-state index in [1.807, 2.05) is 29.5 Å². The van der Waals surface area contributed by atoms with E-state index in [2.05, 4.69) is 21.0 Å². The van der Waals surface area contributed by atoms with Crippen molar-refractivity contribution in [2.24, 2.45) is 4.99 Å². The van der Waals surface area contributed by atoms with Crippen LogP contribution in [0.3, 0.4) is 0 Å². The summed E-state index contributed by atoms with van der Waals surface area (Å²) in [6.45, 7) is 1.90. The van der Waals surface area contributed by atoms with Gasteiger partial charge in [0, 0.05) is 5.56 Å². The summed E-state index contributed by atoms with van der Waals surface area (Å²) in [6.07, 6.45) is 1.57. The van der Waals surface area contributed by atoms with E-state index in [0.29, 0.717) is 14.4 Å². The van der Waals surface area contributed by atoms with Gasteiger partial charge >= 0.3 is 0 Å². The molecule has 80 valence electrons. The number of aromatic nitrogens is 2. The number of imidazole rings is 1. The Labute approximate surface area is 110 Å². The van der Waals surface area contributed by atoms with E-state index >= 15 is 0 Å². The molecule has 2 rings (SSSR count). The molecule has 0 aliphatic rings. The van der Waals surface area contributed by atoms with Gasteiger partial charge in [-0.25, -0.2) is 9.98 Å². The Balaban J connectivity index is 2.82. The number of aryl methyl sites for hydroxylation is 1. The zero-order valence-electron chi connectivity index (χ0n) is 8.25. The first-order chi connectivity index (χ1) is 7.63. The molecule has 0 unspecified atom stereocenters. The Morgan fingerprint density at radius 2 is 2.44 bits per heavy atom. The first-order valence-corrected chi connectivity index (χ1v) is 5.85. The van der Waals surface area contributed by atoms with Gasteiger partial charge < -0.3 is 4.98 Å².